The molecular weight excluding hydrogens is 331 g/mol. The molecule has 3 heterocycles. The largest absolute Gasteiger partial charge is 0.505 e. The van der Waals surface area contributed by atoms with E-state index in [2.05, 4.69) is 4.98 Å². The van der Waals surface area contributed by atoms with Crippen LogP contribution in [0.1, 0.15) is 16.8 Å². The van der Waals surface area contributed by atoms with Crippen LogP contribution in [0, 0.1) is 5.82 Å². The standard InChI is InChI=1S/C17H17FN2O3S/c18-10-1-2-12-11(7-10)16(14(21)8-19-12)17(22)20-4-6-24-15-9-23-5-3-13(15)20/h1-2,7-8,13,15,21H,3-6,9H2/t13-,15+/m0/s1. The maximum Gasteiger partial charge on any atom is 0.258 e. The number of aromatic nitrogens is 1. The highest BCUT2D eigenvalue weighted by Gasteiger charge is 2.38. The van der Waals surface area contributed by atoms with Gasteiger partial charge in [-0.1, -0.05) is 0 Å². The molecule has 0 spiro atoms. The van der Waals surface area contributed by atoms with Crippen LogP contribution in [-0.2, 0) is 4.74 Å². The Hall–Kier alpha value is -1.86. The number of amides is 1. The van der Waals surface area contributed by atoms with Gasteiger partial charge in [0.25, 0.3) is 5.91 Å². The summed E-state index contributed by atoms with van der Waals surface area (Å²) >= 11 is 1.82. The van der Waals surface area contributed by atoms with Gasteiger partial charge in [0.1, 0.15) is 11.6 Å². The zero-order valence-electron chi connectivity index (χ0n) is 12.9. The van der Waals surface area contributed by atoms with Gasteiger partial charge in [0.2, 0.25) is 0 Å². The molecule has 0 unspecified atom stereocenters. The molecular formula is C17H17FN2O3S. The first-order chi connectivity index (χ1) is 11.6. The van der Waals surface area contributed by atoms with Crippen LogP contribution in [-0.4, -0.2) is 57.7 Å². The van der Waals surface area contributed by atoms with Gasteiger partial charge in [-0.3, -0.25) is 9.78 Å². The van der Waals surface area contributed by atoms with Gasteiger partial charge < -0.3 is 14.7 Å². The van der Waals surface area contributed by atoms with Crippen LogP contribution in [0.3, 0.4) is 0 Å². The van der Waals surface area contributed by atoms with E-state index in [-0.39, 0.29) is 28.5 Å². The van der Waals surface area contributed by atoms with Crippen molar-refractivity contribution in [2.24, 2.45) is 0 Å². The molecule has 126 valence electrons. The van der Waals surface area contributed by atoms with Gasteiger partial charge in [-0.25, -0.2) is 4.39 Å². The highest BCUT2D eigenvalue weighted by atomic mass is 32.2. The topological polar surface area (TPSA) is 62.7 Å². The van der Waals surface area contributed by atoms with Gasteiger partial charge in [0.15, 0.2) is 0 Å². The third-order valence-electron chi connectivity index (χ3n) is 4.62. The molecule has 7 heteroatoms. The molecule has 1 amide bonds. The Morgan fingerprint density at radius 1 is 1.46 bits per heavy atom. The first kappa shape index (κ1) is 15.7. The first-order valence-electron chi connectivity index (χ1n) is 7.92. The lowest BCUT2D eigenvalue weighted by molar-refractivity contribution is 0.0319. The maximum absolute atomic E-state index is 13.7. The summed E-state index contributed by atoms with van der Waals surface area (Å²) in [6.07, 6.45) is 2.04. The molecule has 0 saturated carbocycles. The molecule has 24 heavy (non-hydrogen) atoms. The minimum Gasteiger partial charge on any atom is -0.505 e. The fourth-order valence-electron chi connectivity index (χ4n) is 3.46. The van der Waals surface area contributed by atoms with Crippen molar-refractivity contribution in [2.75, 3.05) is 25.5 Å². The highest BCUT2D eigenvalue weighted by Crippen LogP contribution is 2.34. The molecule has 2 atom stereocenters. The number of carbonyl (C=O) groups excluding carboxylic acids is 1. The van der Waals surface area contributed by atoms with Gasteiger partial charge in [0, 0.05) is 35.6 Å². The first-order valence-corrected chi connectivity index (χ1v) is 8.97. The van der Waals surface area contributed by atoms with Crippen molar-refractivity contribution >= 4 is 28.6 Å². The lowest BCUT2D eigenvalue weighted by Crippen LogP contribution is -2.54. The van der Waals surface area contributed by atoms with Crippen molar-refractivity contribution in [3.8, 4) is 5.75 Å². The zero-order chi connectivity index (χ0) is 16.7. The number of pyridine rings is 1. The molecule has 2 aromatic rings. The number of hydrogen-bond acceptors (Lipinski definition) is 5. The van der Waals surface area contributed by atoms with E-state index in [9.17, 15) is 14.3 Å². The molecule has 1 aromatic heterocycles. The van der Waals surface area contributed by atoms with Crippen molar-refractivity contribution < 1.29 is 19.0 Å². The minimum absolute atomic E-state index is 0.0844. The summed E-state index contributed by atoms with van der Waals surface area (Å²) in [6.45, 7) is 1.88. The van der Waals surface area contributed by atoms with E-state index in [0.717, 1.165) is 12.2 Å². The van der Waals surface area contributed by atoms with Crippen molar-refractivity contribution in [2.45, 2.75) is 17.7 Å². The predicted molar refractivity (Wildman–Crippen MR) is 89.9 cm³/mol. The Bertz CT molecular complexity index is 793. The molecule has 1 aromatic carbocycles. The van der Waals surface area contributed by atoms with Crippen LogP contribution >= 0.6 is 11.8 Å². The molecule has 2 fully saturated rings. The Kier molecular flexibility index (Phi) is 4.05. The van der Waals surface area contributed by atoms with E-state index in [4.69, 9.17) is 4.74 Å². The number of rotatable bonds is 1. The summed E-state index contributed by atoms with van der Waals surface area (Å²) in [6, 6.07) is 4.16. The summed E-state index contributed by atoms with van der Waals surface area (Å²) in [5.74, 6) is -0.0984. The van der Waals surface area contributed by atoms with Crippen LogP contribution < -0.4 is 0 Å². The van der Waals surface area contributed by atoms with Crippen molar-refractivity contribution in [3.63, 3.8) is 0 Å². The second kappa shape index (κ2) is 6.22. The van der Waals surface area contributed by atoms with E-state index in [1.54, 1.807) is 0 Å². The molecule has 2 aliphatic rings. The number of halogens is 1. The summed E-state index contributed by atoms with van der Waals surface area (Å²) in [5.41, 5.74) is 0.629. The number of nitrogens with zero attached hydrogens (tertiary/aromatic N) is 2. The van der Waals surface area contributed by atoms with E-state index in [1.807, 2.05) is 16.7 Å². The summed E-state index contributed by atoms with van der Waals surface area (Å²) in [4.78, 5) is 19.1. The fourth-order valence-corrected chi connectivity index (χ4v) is 4.76. The lowest BCUT2D eigenvalue weighted by atomic mass is 10.0. The number of benzene rings is 1. The van der Waals surface area contributed by atoms with Crippen LogP contribution in [0.2, 0.25) is 0 Å². The monoisotopic (exact) mass is 348 g/mol. The van der Waals surface area contributed by atoms with Crippen LogP contribution in [0.4, 0.5) is 4.39 Å². The van der Waals surface area contributed by atoms with Gasteiger partial charge in [-0.2, -0.15) is 11.8 Å². The smallest absolute Gasteiger partial charge is 0.258 e. The number of aromatic hydroxyl groups is 1. The average molecular weight is 348 g/mol. The quantitative estimate of drug-likeness (QED) is 0.858. The molecule has 0 aliphatic carbocycles. The Morgan fingerprint density at radius 2 is 2.33 bits per heavy atom. The summed E-state index contributed by atoms with van der Waals surface area (Å²) in [5, 5.41) is 10.8. The van der Waals surface area contributed by atoms with Crippen LogP contribution in [0.15, 0.2) is 24.4 Å². The molecule has 5 nitrogen and oxygen atoms in total. The lowest BCUT2D eigenvalue weighted by Gasteiger charge is -2.43. The highest BCUT2D eigenvalue weighted by molar-refractivity contribution is 8.00. The second-order valence-corrected chi connectivity index (χ2v) is 7.37. The summed E-state index contributed by atoms with van der Waals surface area (Å²) < 4.78 is 19.2. The SMILES string of the molecule is O=C(c1c(O)cnc2ccc(F)cc12)N1CCS[C@@H]2COCC[C@@H]21. The number of hydrogen-bond donors (Lipinski definition) is 1. The van der Waals surface area contributed by atoms with Gasteiger partial charge in [-0.15, -0.1) is 0 Å². The van der Waals surface area contributed by atoms with E-state index in [0.29, 0.717) is 30.7 Å². The number of thioether (sulfide) groups is 1. The molecule has 4 rings (SSSR count). The van der Waals surface area contributed by atoms with Crippen molar-refractivity contribution in [1.29, 1.82) is 0 Å². The van der Waals surface area contributed by atoms with E-state index >= 15 is 0 Å². The predicted octanol–water partition coefficient (Wildman–Crippen LogP) is 2.43. The third-order valence-corrected chi connectivity index (χ3v) is 5.92. The Morgan fingerprint density at radius 3 is 3.21 bits per heavy atom. The normalized spacial score (nSPS) is 24.0. The number of ether oxygens (including phenoxy) is 1. The van der Waals surface area contributed by atoms with Gasteiger partial charge >= 0.3 is 0 Å². The molecule has 1 N–H and O–H groups in total. The minimum atomic E-state index is -0.456. The number of fused-ring (bicyclic) bond motifs is 2. The molecule has 2 saturated heterocycles. The molecule has 0 radical (unpaired) electrons. The van der Waals surface area contributed by atoms with E-state index < -0.39 is 5.82 Å². The Labute approximate surface area is 142 Å². The third kappa shape index (κ3) is 2.61. The van der Waals surface area contributed by atoms with Crippen LogP contribution in [0.25, 0.3) is 10.9 Å². The average Bonchev–Trinajstić information content (AvgIpc) is 2.60. The molecule has 0 bridgehead atoms. The fraction of sp³-hybridized carbons (Fsp3) is 0.412. The molecule has 2 aliphatic heterocycles. The maximum atomic E-state index is 13.7. The van der Waals surface area contributed by atoms with Gasteiger partial charge in [-0.05, 0) is 24.6 Å². The zero-order valence-corrected chi connectivity index (χ0v) is 13.8. The second-order valence-electron chi connectivity index (χ2n) is 6.02. The summed E-state index contributed by atoms with van der Waals surface area (Å²) in [7, 11) is 0. The van der Waals surface area contributed by atoms with E-state index in [1.165, 1.54) is 24.4 Å². The van der Waals surface area contributed by atoms with Crippen LogP contribution in [0.5, 0.6) is 5.75 Å². The van der Waals surface area contributed by atoms with Crippen molar-refractivity contribution in [3.05, 3.63) is 35.8 Å². The van der Waals surface area contributed by atoms with Crippen molar-refractivity contribution in [1.82, 2.24) is 9.88 Å². The number of carbonyl (C=O) groups is 1. The van der Waals surface area contributed by atoms with Gasteiger partial charge in [0.05, 0.1) is 23.9 Å². The Balaban J connectivity index is 1.77.